The molecule has 35 heavy (non-hydrogen) atoms. The topological polar surface area (TPSA) is 57.2 Å². The Bertz CT molecular complexity index is 1310. The first kappa shape index (κ1) is 23.4. The number of methoxy groups -OCH3 is 1. The van der Waals surface area contributed by atoms with Crippen LogP contribution in [0.3, 0.4) is 0 Å². The highest BCUT2D eigenvalue weighted by Gasteiger charge is 2.47. The number of carbonyl (C=O) groups excluding carboxylic acids is 1. The van der Waals surface area contributed by atoms with Crippen LogP contribution in [0.15, 0.2) is 95.9 Å². The second-order valence-electron chi connectivity index (χ2n) is 8.56. The normalized spacial score (nSPS) is 24.8. The summed E-state index contributed by atoms with van der Waals surface area (Å²) in [6.45, 7) is 5.59. The summed E-state index contributed by atoms with van der Waals surface area (Å²) in [5, 5.41) is 9.34. The number of nitrogens with zero attached hydrogens (tertiary/aromatic N) is 3. The van der Waals surface area contributed by atoms with Crippen molar-refractivity contribution in [2.45, 2.75) is 25.0 Å². The van der Waals surface area contributed by atoms with Crippen LogP contribution < -0.4 is 10.4 Å². The number of carbonyl (C=O) groups is 1. The van der Waals surface area contributed by atoms with Crippen LogP contribution in [-0.4, -0.2) is 29.3 Å². The number of hydrazine groups is 1. The summed E-state index contributed by atoms with van der Waals surface area (Å²) >= 11 is 12.7. The van der Waals surface area contributed by atoms with Gasteiger partial charge in [0.25, 0.3) is 5.91 Å². The third kappa shape index (κ3) is 4.29. The summed E-state index contributed by atoms with van der Waals surface area (Å²) in [4.78, 5) is 13.5. The van der Waals surface area contributed by atoms with Crippen molar-refractivity contribution >= 4 is 40.5 Å². The first-order valence-corrected chi connectivity index (χ1v) is 11.9. The van der Waals surface area contributed by atoms with Crippen LogP contribution >= 0.6 is 23.2 Å². The van der Waals surface area contributed by atoms with Crippen molar-refractivity contribution in [1.29, 1.82) is 0 Å². The first-order chi connectivity index (χ1) is 16.9. The maximum Gasteiger partial charge on any atom is 0.286 e. The Kier molecular flexibility index (Phi) is 6.28. The fourth-order valence-corrected chi connectivity index (χ4v) is 5.08. The zero-order valence-corrected chi connectivity index (χ0v) is 20.7. The fraction of sp³-hybridized carbons (Fsp3) is 0.185. The highest BCUT2D eigenvalue weighted by Crippen LogP contribution is 2.44. The van der Waals surface area contributed by atoms with Crippen LogP contribution in [0, 0.1) is 0 Å². The lowest BCUT2D eigenvalue weighted by Crippen LogP contribution is -2.45. The molecule has 2 aromatic carbocycles. The quantitative estimate of drug-likeness (QED) is 0.589. The standard InChI is InChI=1S/C27H24Cl2N4O2/c1-18-25(26(34)31-32-16-19-7-3-4-8-20(19)17-32)30-33(24-12-11-21(28)15-23(24)29)27(18)13-5-9-22(35-2)10-6-14-27/h3-13,15H,1,14,16-17H2,2H3,(H,31,34)/b10-6-,13-5+,22-9+. The lowest BCUT2D eigenvalue weighted by molar-refractivity contribution is -0.119. The number of nitrogens with one attached hydrogen (secondary N) is 1. The van der Waals surface area contributed by atoms with Crippen LogP contribution in [0.1, 0.15) is 17.5 Å². The second-order valence-corrected chi connectivity index (χ2v) is 9.41. The molecule has 2 heterocycles. The summed E-state index contributed by atoms with van der Waals surface area (Å²) in [5.41, 5.74) is 6.02. The van der Waals surface area contributed by atoms with E-state index in [1.165, 1.54) is 11.1 Å². The SMILES string of the molecule is C=C1C(C(=O)NN2Cc3ccccc3C2)=NN(c2ccc(Cl)cc2Cl)C12/C=C/C=C(OC)\C=C/C2. The summed E-state index contributed by atoms with van der Waals surface area (Å²) in [5.74, 6) is 0.408. The van der Waals surface area contributed by atoms with E-state index in [0.717, 1.165) is 5.76 Å². The van der Waals surface area contributed by atoms with Crippen LogP contribution in [0.2, 0.25) is 10.0 Å². The van der Waals surface area contributed by atoms with Gasteiger partial charge >= 0.3 is 0 Å². The average Bonchev–Trinajstić information content (AvgIpc) is 3.35. The molecular weight excluding hydrogens is 483 g/mol. The molecule has 0 radical (unpaired) electrons. The Labute approximate surface area is 214 Å². The number of benzene rings is 2. The van der Waals surface area contributed by atoms with Crippen molar-refractivity contribution in [3.8, 4) is 0 Å². The fourth-order valence-electron chi connectivity index (χ4n) is 4.59. The predicted molar refractivity (Wildman–Crippen MR) is 140 cm³/mol. The second kappa shape index (κ2) is 9.38. The van der Waals surface area contributed by atoms with Gasteiger partial charge in [0.15, 0.2) is 5.71 Å². The molecule has 1 atom stereocenters. The molecule has 1 N–H and O–H groups in total. The molecule has 3 aliphatic rings. The van der Waals surface area contributed by atoms with E-state index in [9.17, 15) is 4.79 Å². The third-order valence-electron chi connectivity index (χ3n) is 6.42. The lowest BCUT2D eigenvalue weighted by atomic mass is 9.83. The van der Waals surface area contributed by atoms with E-state index < -0.39 is 5.54 Å². The number of allylic oxidation sites excluding steroid dienone is 3. The number of ether oxygens (including phenoxy) is 1. The van der Waals surface area contributed by atoms with Crippen LogP contribution in [0.4, 0.5) is 5.69 Å². The summed E-state index contributed by atoms with van der Waals surface area (Å²) in [6, 6.07) is 13.4. The number of hydrazone groups is 1. The highest BCUT2D eigenvalue weighted by atomic mass is 35.5. The third-order valence-corrected chi connectivity index (χ3v) is 6.96. The van der Waals surface area contributed by atoms with Gasteiger partial charge in [0, 0.05) is 23.7 Å². The maximum absolute atomic E-state index is 13.5. The molecule has 0 bridgehead atoms. The summed E-state index contributed by atoms with van der Waals surface area (Å²) in [6.07, 6.45) is 10.1. The van der Waals surface area contributed by atoms with Gasteiger partial charge in [-0.25, -0.2) is 10.0 Å². The van der Waals surface area contributed by atoms with Crippen molar-refractivity contribution in [3.63, 3.8) is 0 Å². The molecule has 6 nitrogen and oxygen atoms in total. The van der Waals surface area contributed by atoms with Gasteiger partial charge in [-0.15, -0.1) is 0 Å². The number of rotatable bonds is 4. The lowest BCUT2D eigenvalue weighted by Gasteiger charge is -2.36. The number of amides is 1. The van der Waals surface area contributed by atoms with Crippen molar-refractivity contribution in [3.05, 3.63) is 112 Å². The van der Waals surface area contributed by atoms with E-state index in [-0.39, 0.29) is 11.6 Å². The highest BCUT2D eigenvalue weighted by molar-refractivity contribution is 6.47. The van der Waals surface area contributed by atoms with Gasteiger partial charge in [-0.1, -0.05) is 72.3 Å². The van der Waals surface area contributed by atoms with Crippen molar-refractivity contribution in [1.82, 2.24) is 10.4 Å². The largest absolute Gasteiger partial charge is 0.497 e. The zero-order chi connectivity index (χ0) is 24.6. The Balaban J connectivity index is 1.49. The Morgan fingerprint density at radius 1 is 1.17 bits per heavy atom. The van der Waals surface area contributed by atoms with Gasteiger partial charge in [-0.3, -0.25) is 10.2 Å². The average molecular weight is 507 g/mol. The van der Waals surface area contributed by atoms with Gasteiger partial charge in [0.05, 0.1) is 17.8 Å². The molecular formula is C27H24Cl2N4O2. The van der Waals surface area contributed by atoms with E-state index in [0.29, 0.717) is 40.8 Å². The molecule has 5 rings (SSSR count). The van der Waals surface area contributed by atoms with Gasteiger partial charge in [-0.2, -0.15) is 5.10 Å². The Hall–Kier alpha value is -3.32. The predicted octanol–water partition coefficient (Wildman–Crippen LogP) is 5.56. The number of halogens is 2. The van der Waals surface area contributed by atoms with Gasteiger partial charge in [-0.05, 0) is 47.9 Å². The molecule has 0 saturated heterocycles. The van der Waals surface area contributed by atoms with E-state index in [1.807, 2.05) is 47.5 Å². The molecule has 1 spiro atoms. The molecule has 178 valence electrons. The monoisotopic (exact) mass is 506 g/mol. The molecule has 8 heteroatoms. The molecule has 1 amide bonds. The summed E-state index contributed by atoms with van der Waals surface area (Å²) in [7, 11) is 1.62. The van der Waals surface area contributed by atoms with Crippen molar-refractivity contribution < 1.29 is 9.53 Å². The van der Waals surface area contributed by atoms with Crippen LogP contribution in [0.25, 0.3) is 0 Å². The number of hydrogen-bond donors (Lipinski definition) is 1. The van der Waals surface area contributed by atoms with E-state index >= 15 is 0 Å². The first-order valence-electron chi connectivity index (χ1n) is 11.2. The van der Waals surface area contributed by atoms with E-state index in [4.69, 9.17) is 33.0 Å². The van der Waals surface area contributed by atoms with Crippen LogP contribution in [-0.2, 0) is 22.6 Å². The minimum atomic E-state index is -0.829. The molecule has 0 saturated carbocycles. The van der Waals surface area contributed by atoms with E-state index in [2.05, 4.69) is 24.1 Å². The molecule has 0 aromatic heterocycles. The molecule has 2 aromatic rings. The van der Waals surface area contributed by atoms with Gasteiger partial charge < -0.3 is 4.74 Å². The number of anilines is 1. The Morgan fingerprint density at radius 2 is 1.91 bits per heavy atom. The van der Waals surface area contributed by atoms with E-state index in [1.54, 1.807) is 30.3 Å². The van der Waals surface area contributed by atoms with Crippen molar-refractivity contribution in [2.75, 3.05) is 12.1 Å². The van der Waals surface area contributed by atoms with Gasteiger partial charge in [0.2, 0.25) is 0 Å². The van der Waals surface area contributed by atoms with Crippen LogP contribution in [0.5, 0.6) is 0 Å². The van der Waals surface area contributed by atoms with Crippen molar-refractivity contribution in [2.24, 2.45) is 5.10 Å². The molecule has 1 aliphatic carbocycles. The minimum absolute atomic E-state index is 0.251. The minimum Gasteiger partial charge on any atom is -0.497 e. The number of hydrogen-bond acceptors (Lipinski definition) is 5. The smallest absolute Gasteiger partial charge is 0.286 e. The molecule has 2 aliphatic heterocycles. The Morgan fingerprint density at radius 3 is 2.60 bits per heavy atom. The summed E-state index contributed by atoms with van der Waals surface area (Å²) < 4.78 is 5.36. The van der Waals surface area contributed by atoms with Gasteiger partial charge in [0.1, 0.15) is 11.3 Å². The number of fused-ring (bicyclic) bond motifs is 1. The zero-order valence-electron chi connectivity index (χ0n) is 19.2. The molecule has 1 unspecified atom stereocenters. The molecule has 0 fully saturated rings. The maximum atomic E-state index is 13.5.